The second-order valence-corrected chi connectivity index (χ2v) is 12.2. The van der Waals surface area contributed by atoms with E-state index in [4.69, 9.17) is 9.97 Å². The van der Waals surface area contributed by atoms with Gasteiger partial charge in [0.15, 0.2) is 5.82 Å². The van der Waals surface area contributed by atoms with Crippen molar-refractivity contribution in [1.29, 1.82) is 0 Å². The summed E-state index contributed by atoms with van der Waals surface area (Å²) in [6.45, 7) is 0. The number of rotatable bonds is 3. The molecule has 2 aromatic heterocycles. The highest BCUT2D eigenvalue weighted by atomic mass is 15.0. The van der Waals surface area contributed by atoms with Crippen molar-refractivity contribution in [2.75, 3.05) is 0 Å². The third-order valence-electron chi connectivity index (χ3n) is 9.55. The number of para-hydroxylation sites is 1. The summed E-state index contributed by atoms with van der Waals surface area (Å²) in [5.74, 6) is 0.726. The van der Waals surface area contributed by atoms with Crippen LogP contribution in [0.5, 0.6) is 0 Å². The quantitative estimate of drug-likeness (QED) is 0.203. The maximum Gasteiger partial charge on any atom is 0.161 e. The van der Waals surface area contributed by atoms with E-state index in [-0.39, 0.29) is 0 Å². The van der Waals surface area contributed by atoms with Crippen LogP contribution in [0, 0.1) is 0 Å². The van der Waals surface area contributed by atoms with E-state index in [9.17, 15) is 0 Å². The molecule has 0 fully saturated rings. The summed E-state index contributed by atoms with van der Waals surface area (Å²) in [7, 11) is 0. The van der Waals surface area contributed by atoms with Gasteiger partial charge < -0.3 is 4.57 Å². The van der Waals surface area contributed by atoms with Gasteiger partial charge in [-0.05, 0) is 51.9 Å². The minimum absolute atomic E-state index is 0.726. The molecule has 0 aliphatic heterocycles. The summed E-state index contributed by atoms with van der Waals surface area (Å²) < 4.78 is 2.47. The number of hydrogen-bond acceptors (Lipinski definition) is 2. The highest BCUT2D eigenvalue weighted by Crippen LogP contribution is 2.41. The summed E-state index contributed by atoms with van der Waals surface area (Å²) in [5, 5.41) is 10.8. The van der Waals surface area contributed by atoms with Gasteiger partial charge in [-0.1, -0.05) is 133 Å². The van der Waals surface area contributed by atoms with E-state index in [2.05, 4.69) is 156 Å². The Morgan fingerprint density at radius 2 is 1.06 bits per heavy atom. The number of hydrogen-bond donors (Lipinski definition) is 0. The first kappa shape index (κ1) is 26.0. The predicted molar refractivity (Wildman–Crippen MR) is 197 cm³/mol. The van der Waals surface area contributed by atoms with Crippen LogP contribution < -0.4 is 0 Å². The summed E-state index contributed by atoms with van der Waals surface area (Å²) in [5.41, 5.74) is 7.53. The molecule has 0 unspecified atom stereocenters. The second-order valence-electron chi connectivity index (χ2n) is 12.2. The SMILES string of the molecule is c1ccc(-c2nc(-c3ccc(-n4c5cc6ccccc6cc5c5ccc6ccccc6c54)c4ccccc34)nc3ccccc23)cc1. The third-order valence-corrected chi connectivity index (χ3v) is 9.55. The number of nitrogens with zero attached hydrogens (tertiary/aromatic N) is 3. The molecular weight excluding hydrogens is 571 g/mol. The summed E-state index contributed by atoms with van der Waals surface area (Å²) >= 11 is 0. The molecule has 47 heavy (non-hydrogen) atoms. The van der Waals surface area contributed by atoms with Crippen LogP contribution in [0.25, 0.3) is 93.4 Å². The van der Waals surface area contributed by atoms with Crippen LogP contribution in [0.15, 0.2) is 164 Å². The second kappa shape index (κ2) is 10.1. The Kier molecular flexibility index (Phi) is 5.57. The van der Waals surface area contributed by atoms with Crippen molar-refractivity contribution in [2.45, 2.75) is 0 Å². The fourth-order valence-corrected chi connectivity index (χ4v) is 7.40. The van der Waals surface area contributed by atoms with Gasteiger partial charge in [0.2, 0.25) is 0 Å². The van der Waals surface area contributed by atoms with E-state index in [1.807, 2.05) is 12.1 Å². The first-order valence-electron chi connectivity index (χ1n) is 16.0. The highest BCUT2D eigenvalue weighted by molar-refractivity contribution is 6.21. The lowest BCUT2D eigenvalue weighted by molar-refractivity contribution is 1.20. The lowest BCUT2D eigenvalue weighted by atomic mass is 10.0. The summed E-state index contributed by atoms with van der Waals surface area (Å²) in [6, 6.07) is 58.5. The molecule has 0 saturated heterocycles. The monoisotopic (exact) mass is 597 g/mol. The molecule has 0 saturated carbocycles. The molecule has 0 N–H and O–H groups in total. The molecule has 10 aromatic rings. The van der Waals surface area contributed by atoms with Crippen molar-refractivity contribution in [3.63, 3.8) is 0 Å². The molecule has 0 bridgehead atoms. The lowest BCUT2D eigenvalue weighted by Gasteiger charge is -2.16. The van der Waals surface area contributed by atoms with Gasteiger partial charge >= 0.3 is 0 Å². The van der Waals surface area contributed by atoms with E-state index in [0.29, 0.717) is 0 Å². The van der Waals surface area contributed by atoms with Gasteiger partial charge in [0.25, 0.3) is 0 Å². The van der Waals surface area contributed by atoms with Gasteiger partial charge in [-0.3, -0.25) is 0 Å². The molecule has 0 radical (unpaired) electrons. The molecule has 3 heteroatoms. The van der Waals surface area contributed by atoms with Crippen molar-refractivity contribution in [3.8, 4) is 28.3 Å². The van der Waals surface area contributed by atoms with E-state index >= 15 is 0 Å². The minimum Gasteiger partial charge on any atom is -0.308 e. The van der Waals surface area contributed by atoms with Crippen LogP contribution >= 0.6 is 0 Å². The Balaban J connectivity index is 1.30. The molecule has 218 valence electrons. The number of benzene rings is 8. The Morgan fingerprint density at radius 1 is 0.404 bits per heavy atom. The molecule has 10 rings (SSSR count). The number of fused-ring (bicyclic) bond motifs is 8. The van der Waals surface area contributed by atoms with Crippen molar-refractivity contribution in [2.24, 2.45) is 0 Å². The molecule has 0 atom stereocenters. The standard InChI is InChI=1S/C44H27N3/c1-2-13-29(14-3-1)42-37-20-10-11-21-39(37)45-44(46-42)36-24-25-40(34-19-9-8-18-33(34)36)47-41-27-31-16-5-4-15-30(31)26-38(41)35-23-22-28-12-6-7-17-32(28)43(35)47/h1-27H. The molecule has 3 nitrogen and oxygen atoms in total. The first-order valence-corrected chi connectivity index (χ1v) is 16.0. The largest absolute Gasteiger partial charge is 0.308 e. The van der Waals surface area contributed by atoms with E-state index < -0.39 is 0 Å². The van der Waals surface area contributed by atoms with Gasteiger partial charge in [0, 0.05) is 38.1 Å². The lowest BCUT2D eigenvalue weighted by Crippen LogP contribution is -1.99. The van der Waals surface area contributed by atoms with Gasteiger partial charge in [0.05, 0.1) is 27.9 Å². The van der Waals surface area contributed by atoms with Crippen LogP contribution in [0.3, 0.4) is 0 Å². The van der Waals surface area contributed by atoms with E-state index in [1.165, 1.54) is 43.4 Å². The highest BCUT2D eigenvalue weighted by Gasteiger charge is 2.20. The molecule has 0 aliphatic rings. The van der Waals surface area contributed by atoms with E-state index in [0.717, 1.165) is 50.0 Å². The maximum atomic E-state index is 5.24. The molecule has 0 amide bonds. The Bertz CT molecular complexity index is 2850. The molecule has 2 heterocycles. The average molecular weight is 598 g/mol. The summed E-state index contributed by atoms with van der Waals surface area (Å²) in [4.78, 5) is 10.4. The van der Waals surface area contributed by atoms with Crippen molar-refractivity contribution in [1.82, 2.24) is 14.5 Å². The smallest absolute Gasteiger partial charge is 0.161 e. The van der Waals surface area contributed by atoms with Crippen LogP contribution in [-0.4, -0.2) is 14.5 Å². The third kappa shape index (κ3) is 3.93. The topological polar surface area (TPSA) is 30.7 Å². The first-order chi connectivity index (χ1) is 23.3. The van der Waals surface area contributed by atoms with Crippen LogP contribution in [0.2, 0.25) is 0 Å². The zero-order valence-corrected chi connectivity index (χ0v) is 25.4. The van der Waals surface area contributed by atoms with Crippen molar-refractivity contribution >= 4 is 65.0 Å². The molecule has 0 spiro atoms. The fraction of sp³-hybridized carbons (Fsp3) is 0. The average Bonchev–Trinajstić information content (AvgIpc) is 3.46. The number of aromatic nitrogens is 3. The van der Waals surface area contributed by atoms with Crippen LogP contribution in [0.1, 0.15) is 0 Å². The molecule has 8 aromatic carbocycles. The molecule has 0 aliphatic carbocycles. The predicted octanol–water partition coefficient (Wildman–Crippen LogP) is 11.5. The van der Waals surface area contributed by atoms with Gasteiger partial charge in [0.1, 0.15) is 0 Å². The Hall–Kier alpha value is -6.32. The normalized spacial score (nSPS) is 11.8. The summed E-state index contributed by atoms with van der Waals surface area (Å²) in [6.07, 6.45) is 0. The van der Waals surface area contributed by atoms with Gasteiger partial charge in [-0.2, -0.15) is 0 Å². The zero-order valence-electron chi connectivity index (χ0n) is 25.4. The van der Waals surface area contributed by atoms with E-state index in [1.54, 1.807) is 0 Å². The van der Waals surface area contributed by atoms with Crippen LogP contribution in [-0.2, 0) is 0 Å². The Morgan fingerprint density at radius 3 is 1.89 bits per heavy atom. The van der Waals surface area contributed by atoms with Crippen molar-refractivity contribution < 1.29 is 0 Å². The maximum absolute atomic E-state index is 5.24. The zero-order chi connectivity index (χ0) is 30.9. The van der Waals surface area contributed by atoms with Crippen LogP contribution in [0.4, 0.5) is 0 Å². The van der Waals surface area contributed by atoms with Crippen molar-refractivity contribution in [3.05, 3.63) is 164 Å². The Labute approximate surface area is 271 Å². The van der Waals surface area contributed by atoms with Gasteiger partial charge in [-0.15, -0.1) is 0 Å². The molecular formula is C44H27N3. The van der Waals surface area contributed by atoms with Gasteiger partial charge in [-0.25, -0.2) is 9.97 Å². The minimum atomic E-state index is 0.726. The fourth-order valence-electron chi connectivity index (χ4n) is 7.40.